The van der Waals surface area contributed by atoms with Crippen LogP contribution in [-0.4, -0.2) is 11.9 Å². The van der Waals surface area contributed by atoms with Crippen LogP contribution in [0, 0.1) is 5.41 Å². The third-order valence-corrected chi connectivity index (χ3v) is 4.24. The van der Waals surface area contributed by atoms with Crippen LogP contribution in [0.1, 0.15) is 49.9 Å². The maximum atomic E-state index is 12.2. The number of rotatable bonds is 2. The van der Waals surface area contributed by atoms with E-state index in [1.807, 2.05) is 24.3 Å². The predicted octanol–water partition coefficient (Wildman–Crippen LogP) is 3.67. The molecule has 1 saturated carbocycles. The molecule has 0 heterocycles. The Morgan fingerprint density at radius 1 is 1.28 bits per heavy atom. The smallest absolute Gasteiger partial charge is 0.251 e. The normalized spacial score (nSPS) is 22.5. The van der Waals surface area contributed by atoms with Crippen LogP contribution in [0.5, 0.6) is 0 Å². The molecule has 0 spiro atoms. The maximum Gasteiger partial charge on any atom is 0.251 e. The van der Waals surface area contributed by atoms with Gasteiger partial charge in [0.25, 0.3) is 5.91 Å². The van der Waals surface area contributed by atoms with Crippen molar-refractivity contribution in [3.63, 3.8) is 0 Å². The molecule has 98 valence electrons. The number of amides is 1. The van der Waals surface area contributed by atoms with Crippen molar-refractivity contribution in [2.75, 3.05) is 0 Å². The average molecular weight is 263 g/mol. The van der Waals surface area contributed by atoms with Crippen molar-refractivity contribution in [1.82, 2.24) is 5.32 Å². The summed E-state index contributed by atoms with van der Waals surface area (Å²) in [4.78, 5) is 13.1. The summed E-state index contributed by atoms with van der Waals surface area (Å²) in [5, 5.41) is 3.18. The highest BCUT2D eigenvalue weighted by atomic mass is 32.1. The van der Waals surface area contributed by atoms with E-state index in [1.54, 1.807) is 0 Å². The molecule has 3 heteroatoms. The molecule has 1 atom stereocenters. The molecule has 0 saturated heterocycles. The topological polar surface area (TPSA) is 29.1 Å². The van der Waals surface area contributed by atoms with Crippen molar-refractivity contribution in [3.8, 4) is 0 Å². The van der Waals surface area contributed by atoms with Crippen LogP contribution < -0.4 is 5.32 Å². The van der Waals surface area contributed by atoms with Gasteiger partial charge in [0.15, 0.2) is 0 Å². The second-order valence-corrected chi connectivity index (χ2v) is 6.32. The van der Waals surface area contributed by atoms with Crippen LogP contribution in [0.3, 0.4) is 0 Å². The van der Waals surface area contributed by atoms with Crippen molar-refractivity contribution in [3.05, 3.63) is 29.8 Å². The first-order chi connectivity index (χ1) is 8.49. The van der Waals surface area contributed by atoms with Gasteiger partial charge < -0.3 is 5.32 Å². The summed E-state index contributed by atoms with van der Waals surface area (Å²) in [5.41, 5.74) is 0.923. The predicted molar refractivity (Wildman–Crippen MR) is 77.2 cm³/mol. The minimum Gasteiger partial charge on any atom is -0.349 e. The fraction of sp³-hybridized carbons (Fsp3) is 0.533. The van der Waals surface area contributed by atoms with E-state index in [4.69, 9.17) is 0 Å². The van der Waals surface area contributed by atoms with Crippen molar-refractivity contribution in [1.29, 1.82) is 0 Å². The van der Waals surface area contributed by atoms with Crippen molar-refractivity contribution in [2.45, 2.75) is 50.5 Å². The lowest BCUT2D eigenvalue weighted by Gasteiger charge is -2.39. The zero-order valence-electron chi connectivity index (χ0n) is 11.1. The molecule has 0 aliphatic heterocycles. The van der Waals surface area contributed by atoms with Gasteiger partial charge in [-0.3, -0.25) is 4.79 Å². The Balaban J connectivity index is 2.04. The lowest BCUT2D eigenvalue weighted by atomic mass is 9.73. The molecule has 1 aliphatic rings. The molecule has 1 aromatic rings. The quantitative estimate of drug-likeness (QED) is 0.783. The summed E-state index contributed by atoms with van der Waals surface area (Å²) in [6, 6.07) is 7.64. The minimum absolute atomic E-state index is 0.0308. The Morgan fingerprint density at radius 2 is 1.94 bits per heavy atom. The standard InChI is InChI=1S/C15H21NOS/c1-15(2)10-4-3-5-13(15)16-14(17)11-6-8-12(18)9-7-11/h6-9,13,18H,3-5,10H2,1-2H3,(H,16,17). The summed E-state index contributed by atoms with van der Waals surface area (Å²) in [5.74, 6) is 0.0308. The lowest BCUT2D eigenvalue weighted by Crippen LogP contribution is -2.46. The van der Waals surface area contributed by atoms with Gasteiger partial charge >= 0.3 is 0 Å². The summed E-state index contributed by atoms with van der Waals surface area (Å²) in [6.07, 6.45) is 4.76. The van der Waals surface area contributed by atoms with E-state index in [9.17, 15) is 4.79 Å². The molecule has 1 aromatic carbocycles. The number of carbonyl (C=O) groups excluding carboxylic acids is 1. The molecule has 1 amide bonds. The first kappa shape index (κ1) is 13.5. The van der Waals surface area contributed by atoms with Crippen LogP contribution in [0.4, 0.5) is 0 Å². The third kappa shape index (κ3) is 3.08. The Morgan fingerprint density at radius 3 is 2.56 bits per heavy atom. The monoisotopic (exact) mass is 263 g/mol. The molecular formula is C15H21NOS. The molecule has 2 rings (SSSR count). The number of hydrogen-bond donors (Lipinski definition) is 2. The number of benzene rings is 1. The number of thiol groups is 1. The lowest BCUT2D eigenvalue weighted by molar-refractivity contribution is 0.0853. The Kier molecular flexibility index (Phi) is 4.00. The van der Waals surface area contributed by atoms with Gasteiger partial charge in [-0.1, -0.05) is 26.7 Å². The largest absolute Gasteiger partial charge is 0.349 e. The first-order valence-electron chi connectivity index (χ1n) is 6.59. The van der Waals surface area contributed by atoms with E-state index in [-0.39, 0.29) is 17.4 Å². The van der Waals surface area contributed by atoms with Gasteiger partial charge in [0.05, 0.1) is 0 Å². The molecule has 1 N–H and O–H groups in total. The molecule has 0 bridgehead atoms. The van der Waals surface area contributed by atoms with Gasteiger partial charge in [-0.15, -0.1) is 12.6 Å². The molecule has 18 heavy (non-hydrogen) atoms. The summed E-state index contributed by atoms with van der Waals surface area (Å²) >= 11 is 4.23. The summed E-state index contributed by atoms with van der Waals surface area (Å²) < 4.78 is 0. The second-order valence-electron chi connectivity index (χ2n) is 5.81. The van der Waals surface area contributed by atoms with E-state index < -0.39 is 0 Å². The summed E-state index contributed by atoms with van der Waals surface area (Å²) in [7, 11) is 0. The van der Waals surface area contributed by atoms with Gasteiger partial charge in [-0.25, -0.2) is 0 Å². The van der Waals surface area contributed by atoms with Crippen LogP contribution >= 0.6 is 12.6 Å². The van der Waals surface area contributed by atoms with Crippen molar-refractivity contribution >= 4 is 18.5 Å². The van der Waals surface area contributed by atoms with E-state index >= 15 is 0 Å². The van der Waals surface area contributed by atoms with Gasteiger partial charge in [0.2, 0.25) is 0 Å². The number of carbonyl (C=O) groups is 1. The zero-order chi connectivity index (χ0) is 13.2. The Bertz CT molecular complexity index is 425. The fourth-order valence-electron chi connectivity index (χ4n) is 2.62. The number of nitrogens with one attached hydrogen (secondary N) is 1. The highest BCUT2D eigenvalue weighted by Crippen LogP contribution is 2.35. The fourth-order valence-corrected chi connectivity index (χ4v) is 2.77. The van der Waals surface area contributed by atoms with Crippen LogP contribution in [0.2, 0.25) is 0 Å². The Hall–Kier alpha value is -0.960. The van der Waals surface area contributed by atoms with Crippen molar-refractivity contribution < 1.29 is 4.79 Å². The Labute approximate surface area is 115 Å². The van der Waals surface area contributed by atoms with Crippen molar-refractivity contribution in [2.24, 2.45) is 5.41 Å². The molecule has 0 aromatic heterocycles. The maximum absolute atomic E-state index is 12.2. The highest BCUT2D eigenvalue weighted by molar-refractivity contribution is 7.80. The zero-order valence-corrected chi connectivity index (χ0v) is 12.0. The van der Waals surface area contributed by atoms with E-state index in [1.165, 1.54) is 19.3 Å². The van der Waals surface area contributed by atoms with E-state index in [0.717, 1.165) is 11.3 Å². The van der Waals surface area contributed by atoms with E-state index in [0.29, 0.717) is 5.56 Å². The highest BCUT2D eigenvalue weighted by Gasteiger charge is 2.33. The van der Waals surface area contributed by atoms with E-state index in [2.05, 4.69) is 31.8 Å². The second kappa shape index (κ2) is 5.35. The summed E-state index contributed by atoms with van der Waals surface area (Å²) in [6.45, 7) is 4.49. The number of hydrogen-bond acceptors (Lipinski definition) is 2. The first-order valence-corrected chi connectivity index (χ1v) is 7.04. The van der Waals surface area contributed by atoms with Gasteiger partial charge in [0.1, 0.15) is 0 Å². The molecule has 2 nitrogen and oxygen atoms in total. The van der Waals surface area contributed by atoms with Crippen LogP contribution in [0.25, 0.3) is 0 Å². The van der Waals surface area contributed by atoms with Gasteiger partial charge in [-0.2, -0.15) is 0 Å². The molecule has 0 radical (unpaired) electrons. The van der Waals surface area contributed by atoms with Crippen LogP contribution in [-0.2, 0) is 0 Å². The molecule has 1 unspecified atom stereocenters. The third-order valence-electron chi connectivity index (χ3n) is 3.94. The molecule has 1 fully saturated rings. The van der Waals surface area contributed by atoms with Gasteiger partial charge in [-0.05, 0) is 42.5 Å². The van der Waals surface area contributed by atoms with Crippen LogP contribution in [0.15, 0.2) is 29.2 Å². The average Bonchev–Trinajstić information content (AvgIpc) is 2.32. The minimum atomic E-state index is 0.0308. The van der Waals surface area contributed by atoms with Gasteiger partial charge in [0, 0.05) is 16.5 Å². The molecular weight excluding hydrogens is 242 g/mol. The molecule has 1 aliphatic carbocycles. The SMILES string of the molecule is CC1(C)CCCCC1NC(=O)c1ccc(S)cc1.